The first kappa shape index (κ1) is 7.87. The van der Waals surface area contributed by atoms with E-state index in [1.54, 1.807) is 18.2 Å². The third kappa shape index (κ3) is 0.687. The molecule has 1 fully saturated rings. The van der Waals surface area contributed by atoms with Crippen LogP contribution in [0, 0.1) is 0 Å². The number of phosphoric ester groups is 1. The van der Waals surface area contributed by atoms with Crippen molar-refractivity contribution >= 4 is 13.8 Å². The second-order valence-corrected chi connectivity index (χ2v) is 4.80. The Morgan fingerprint density at radius 2 is 1.93 bits per heavy atom. The molecule has 1 aromatic carbocycles. The molecule has 0 radical (unpaired) electrons. The first-order valence-corrected chi connectivity index (χ1v) is 5.66. The van der Waals surface area contributed by atoms with E-state index >= 15 is 0 Å². The zero-order valence-corrected chi connectivity index (χ0v) is 8.02. The van der Waals surface area contributed by atoms with E-state index < -0.39 is 19.6 Å². The molecule has 6 nitrogen and oxygen atoms in total. The van der Waals surface area contributed by atoms with Crippen molar-refractivity contribution < 1.29 is 27.7 Å². The van der Waals surface area contributed by atoms with Gasteiger partial charge in [-0.25, -0.2) is 18.4 Å². The van der Waals surface area contributed by atoms with Crippen LogP contribution in [0.1, 0.15) is 5.56 Å². The maximum absolute atomic E-state index is 11.5. The summed E-state index contributed by atoms with van der Waals surface area (Å²) in [6.07, 6.45) is 0. The number of hydrogen-bond acceptors (Lipinski definition) is 6. The molecule has 4 aliphatic heterocycles. The fourth-order valence-corrected chi connectivity index (χ4v) is 3.35. The summed E-state index contributed by atoms with van der Waals surface area (Å²) in [5.41, 5.74) is 0.368. The van der Waals surface area contributed by atoms with Crippen LogP contribution in [0.15, 0.2) is 18.2 Å². The number of phosphoric acid groups is 1. The van der Waals surface area contributed by atoms with Crippen LogP contribution < -0.4 is 9.26 Å². The lowest BCUT2D eigenvalue weighted by Gasteiger charge is -2.43. The van der Waals surface area contributed by atoms with E-state index in [2.05, 4.69) is 0 Å². The van der Waals surface area contributed by atoms with Gasteiger partial charge in [-0.15, -0.1) is 0 Å². The van der Waals surface area contributed by atoms with E-state index in [1.807, 2.05) is 0 Å². The number of esters is 1. The van der Waals surface area contributed by atoms with Gasteiger partial charge < -0.3 is 9.26 Å². The van der Waals surface area contributed by atoms with Gasteiger partial charge in [0.1, 0.15) is 17.1 Å². The van der Waals surface area contributed by atoms with Gasteiger partial charge >= 0.3 is 19.6 Å². The van der Waals surface area contributed by atoms with Crippen molar-refractivity contribution in [2.75, 3.05) is 0 Å². The zero-order valence-electron chi connectivity index (χ0n) is 7.13. The molecule has 0 amide bonds. The van der Waals surface area contributed by atoms with E-state index in [0.717, 1.165) is 0 Å². The van der Waals surface area contributed by atoms with Crippen molar-refractivity contribution in [1.82, 2.24) is 0 Å². The molecule has 15 heavy (non-hydrogen) atoms. The van der Waals surface area contributed by atoms with Crippen LogP contribution in [-0.4, -0.2) is 5.97 Å². The highest BCUT2D eigenvalue weighted by Gasteiger charge is 2.74. The molecule has 7 heteroatoms. The van der Waals surface area contributed by atoms with Crippen LogP contribution in [0.25, 0.3) is 0 Å². The molecule has 1 spiro atoms. The summed E-state index contributed by atoms with van der Waals surface area (Å²) >= 11 is 0. The minimum Gasteiger partial charge on any atom is -0.422 e. The quantitative estimate of drug-likeness (QED) is 0.377. The van der Waals surface area contributed by atoms with Crippen molar-refractivity contribution in [3.8, 4) is 11.5 Å². The first-order valence-electron chi connectivity index (χ1n) is 4.20. The summed E-state index contributed by atoms with van der Waals surface area (Å²) in [7, 11) is -3.56. The summed E-state index contributed by atoms with van der Waals surface area (Å²) in [5.74, 6) is -1.71. The monoisotopic (exact) mass is 226 g/mol. The van der Waals surface area contributed by atoms with Gasteiger partial charge in [-0.05, 0) is 12.1 Å². The third-order valence-corrected chi connectivity index (χ3v) is 3.86. The van der Waals surface area contributed by atoms with Gasteiger partial charge in [0.2, 0.25) is 0 Å². The molecule has 1 aromatic rings. The van der Waals surface area contributed by atoms with Gasteiger partial charge in [-0.1, -0.05) is 6.07 Å². The highest BCUT2D eigenvalue weighted by molar-refractivity contribution is 7.50. The van der Waals surface area contributed by atoms with Gasteiger partial charge in [0.05, 0.1) is 0 Å². The highest BCUT2D eigenvalue weighted by Crippen LogP contribution is 2.76. The number of rotatable bonds is 0. The fraction of sp³-hybridized carbons (Fsp3) is 0.125. The summed E-state index contributed by atoms with van der Waals surface area (Å²) in [4.78, 5) is 11.5. The van der Waals surface area contributed by atoms with Crippen molar-refractivity contribution in [2.45, 2.75) is 5.79 Å². The Balaban J connectivity index is 2.11. The molecule has 4 heterocycles. The second-order valence-electron chi connectivity index (χ2n) is 3.36. The van der Waals surface area contributed by atoms with Crippen molar-refractivity contribution in [2.24, 2.45) is 0 Å². The number of ether oxygens (including phenoxy) is 1. The molecule has 0 aliphatic carbocycles. The smallest absolute Gasteiger partial charge is 0.422 e. The van der Waals surface area contributed by atoms with Crippen LogP contribution in [0.5, 0.6) is 11.5 Å². The maximum atomic E-state index is 11.5. The van der Waals surface area contributed by atoms with E-state index in [0.29, 0.717) is 17.1 Å². The largest absolute Gasteiger partial charge is 0.536 e. The predicted molar refractivity (Wildman–Crippen MR) is 44.2 cm³/mol. The van der Waals surface area contributed by atoms with Crippen LogP contribution >= 0.6 is 7.82 Å². The van der Waals surface area contributed by atoms with E-state index in [9.17, 15) is 9.36 Å². The Kier molecular flexibility index (Phi) is 1.02. The summed E-state index contributed by atoms with van der Waals surface area (Å²) < 4.78 is 31.3. The van der Waals surface area contributed by atoms with Crippen molar-refractivity contribution in [3.63, 3.8) is 0 Å². The molecule has 0 unspecified atom stereocenters. The SMILES string of the molecule is O=C1Oc2cccc3c2C12OP(=O)(O3)O2. The molecule has 0 saturated carbocycles. The number of benzene rings is 1. The summed E-state index contributed by atoms with van der Waals surface area (Å²) in [5, 5.41) is 0. The molecule has 76 valence electrons. The van der Waals surface area contributed by atoms with Crippen LogP contribution in [0.4, 0.5) is 0 Å². The molecule has 0 aromatic heterocycles. The minimum absolute atomic E-state index is 0.319. The Bertz CT molecular complexity index is 554. The zero-order chi connectivity index (χ0) is 10.3. The van der Waals surface area contributed by atoms with E-state index in [4.69, 9.17) is 18.3 Å². The maximum Gasteiger partial charge on any atom is 0.536 e. The average Bonchev–Trinajstić information content (AvgIpc) is 2.41. The van der Waals surface area contributed by atoms with Gasteiger partial charge in [0.25, 0.3) is 0 Å². The molecular formula is C8H3O6P. The van der Waals surface area contributed by atoms with Crippen LogP contribution in [-0.2, 0) is 24.2 Å². The Morgan fingerprint density at radius 1 is 1.20 bits per heavy atom. The normalized spacial score (nSPS) is 38.8. The van der Waals surface area contributed by atoms with Crippen LogP contribution in [0.3, 0.4) is 0 Å². The number of carbonyl (C=O) groups is 1. The van der Waals surface area contributed by atoms with Crippen molar-refractivity contribution in [3.05, 3.63) is 23.8 Å². The fourth-order valence-electron chi connectivity index (χ4n) is 1.91. The van der Waals surface area contributed by atoms with E-state index in [-0.39, 0.29) is 0 Å². The van der Waals surface area contributed by atoms with Gasteiger partial charge in [-0.2, -0.15) is 0 Å². The van der Waals surface area contributed by atoms with Crippen molar-refractivity contribution in [1.29, 1.82) is 0 Å². The molecule has 2 bridgehead atoms. The van der Waals surface area contributed by atoms with E-state index in [1.165, 1.54) is 0 Å². The lowest BCUT2D eigenvalue weighted by atomic mass is 10.1. The predicted octanol–water partition coefficient (Wildman–Crippen LogP) is 1.31. The molecule has 0 atom stereocenters. The minimum atomic E-state index is -3.56. The van der Waals surface area contributed by atoms with Crippen LogP contribution in [0.2, 0.25) is 0 Å². The summed E-state index contributed by atoms with van der Waals surface area (Å²) in [6, 6.07) is 4.82. The van der Waals surface area contributed by atoms with Gasteiger partial charge in [-0.3, -0.25) is 0 Å². The molecule has 5 rings (SSSR count). The lowest BCUT2D eigenvalue weighted by molar-refractivity contribution is -0.231. The standard InChI is InChI=1S/C8H3O6P/c9-7-8-6-4(11-7)2-1-3-5(6)12-15(10,13-8)14-8/h1-3H. The number of carbonyl (C=O) groups excluding carboxylic acids is 1. The lowest BCUT2D eigenvalue weighted by Crippen LogP contribution is -2.49. The molecule has 0 N–H and O–H groups in total. The Hall–Kier alpha value is -1.36. The molecular weight excluding hydrogens is 223 g/mol. The average molecular weight is 226 g/mol. The third-order valence-electron chi connectivity index (χ3n) is 2.48. The Morgan fingerprint density at radius 3 is 2.73 bits per heavy atom. The molecule has 4 aliphatic rings. The second kappa shape index (κ2) is 1.95. The first-order chi connectivity index (χ1) is 7.13. The van der Waals surface area contributed by atoms with Gasteiger partial charge in [0.15, 0.2) is 0 Å². The summed E-state index contributed by atoms with van der Waals surface area (Å²) in [6.45, 7) is 0. The topological polar surface area (TPSA) is 71.1 Å². The van der Waals surface area contributed by atoms with Gasteiger partial charge in [0, 0.05) is 0 Å². The number of hydrogen-bond donors (Lipinski definition) is 0. The Labute approximate surface area is 83.3 Å². The highest BCUT2D eigenvalue weighted by atomic mass is 31.2. The molecule has 1 saturated heterocycles.